The fraction of sp³-hybridized carbons (Fsp3) is 0.360. The Balaban J connectivity index is 1.40. The minimum Gasteiger partial charge on any atom is -0.368 e. The summed E-state index contributed by atoms with van der Waals surface area (Å²) in [6, 6.07) is 14.3. The average Bonchev–Trinajstić information content (AvgIpc) is 2.99. The number of nitrogens with zero attached hydrogens (tertiary/aromatic N) is 4. The van der Waals surface area contributed by atoms with E-state index in [2.05, 4.69) is 9.47 Å². The van der Waals surface area contributed by atoms with Crippen molar-refractivity contribution >= 4 is 23.2 Å². The zero-order valence-corrected chi connectivity index (χ0v) is 18.7. The van der Waals surface area contributed by atoms with Crippen LogP contribution in [0.1, 0.15) is 35.4 Å². The molecule has 5 rings (SSSR count). The van der Waals surface area contributed by atoms with Crippen LogP contribution >= 0.6 is 11.6 Å². The van der Waals surface area contributed by atoms with Crippen LogP contribution in [0.4, 0.5) is 10.1 Å². The molecule has 0 aliphatic carbocycles. The molecule has 7 heteroatoms. The number of anilines is 1. The van der Waals surface area contributed by atoms with Gasteiger partial charge in [0.2, 0.25) is 0 Å². The first-order valence-electron chi connectivity index (χ1n) is 11.3. The number of hydrogen-bond acceptors (Lipinski definition) is 3. The fourth-order valence-corrected chi connectivity index (χ4v) is 4.91. The number of benzene rings is 2. The molecule has 3 aromatic rings. The largest absolute Gasteiger partial charge is 0.368 e. The lowest BCUT2D eigenvalue weighted by atomic mass is 10.1. The maximum Gasteiger partial charge on any atom is 0.274 e. The van der Waals surface area contributed by atoms with E-state index < -0.39 is 0 Å². The highest BCUT2D eigenvalue weighted by molar-refractivity contribution is 6.30. The van der Waals surface area contributed by atoms with Gasteiger partial charge in [-0.15, -0.1) is 0 Å². The zero-order valence-electron chi connectivity index (χ0n) is 17.9. The zero-order chi connectivity index (χ0) is 22.1. The van der Waals surface area contributed by atoms with Gasteiger partial charge in [-0.1, -0.05) is 36.2 Å². The highest BCUT2D eigenvalue weighted by atomic mass is 35.5. The lowest BCUT2D eigenvalue weighted by Crippen LogP contribution is -2.49. The van der Waals surface area contributed by atoms with Crippen LogP contribution in [0.15, 0.2) is 48.5 Å². The van der Waals surface area contributed by atoms with Crippen molar-refractivity contribution in [2.45, 2.75) is 32.2 Å². The van der Waals surface area contributed by atoms with Gasteiger partial charge in [0.15, 0.2) is 0 Å². The molecule has 1 aromatic heterocycles. The molecule has 1 amide bonds. The molecule has 0 N–H and O–H groups in total. The van der Waals surface area contributed by atoms with Crippen molar-refractivity contribution < 1.29 is 9.18 Å². The van der Waals surface area contributed by atoms with Crippen LogP contribution in [0.5, 0.6) is 0 Å². The van der Waals surface area contributed by atoms with Crippen LogP contribution in [0.3, 0.4) is 0 Å². The van der Waals surface area contributed by atoms with Crippen molar-refractivity contribution in [3.63, 3.8) is 0 Å². The summed E-state index contributed by atoms with van der Waals surface area (Å²) in [5.41, 5.74) is 3.32. The summed E-state index contributed by atoms with van der Waals surface area (Å²) < 4.78 is 16.0. The molecule has 166 valence electrons. The van der Waals surface area contributed by atoms with Crippen molar-refractivity contribution in [2.24, 2.45) is 0 Å². The first kappa shape index (κ1) is 21.0. The molecule has 0 spiro atoms. The Bertz CT molecular complexity index is 1140. The summed E-state index contributed by atoms with van der Waals surface area (Å²) in [7, 11) is 0. The Morgan fingerprint density at radius 1 is 0.938 bits per heavy atom. The minimum absolute atomic E-state index is 0.0240. The van der Waals surface area contributed by atoms with E-state index in [0.29, 0.717) is 29.6 Å². The molecule has 5 nitrogen and oxygen atoms in total. The lowest BCUT2D eigenvalue weighted by molar-refractivity contribution is 0.0740. The highest BCUT2D eigenvalue weighted by Crippen LogP contribution is 2.29. The summed E-state index contributed by atoms with van der Waals surface area (Å²) in [4.78, 5) is 22.5. The van der Waals surface area contributed by atoms with Gasteiger partial charge in [-0.25, -0.2) is 9.37 Å². The molecule has 1 saturated heterocycles. The summed E-state index contributed by atoms with van der Waals surface area (Å²) in [5, 5.41) is 0.714. The molecule has 2 aliphatic heterocycles. The van der Waals surface area contributed by atoms with Crippen molar-refractivity contribution in [1.29, 1.82) is 0 Å². The smallest absolute Gasteiger partial charge is 0.274 e. The first-order chi connectivity index (χ1) is 15.6. The quantitative estimate of drug-likeness (QED) is 0.559. The van der Waals surface area contributed by atoms with Crippen molar-refractivity contribution in [3.8, 4) is 11.4 Å². The Kier molecular flexibility index (Phi) is 5.87. The molecule has 32 heavy (non-hydrogen) atoms. The summed E-state index contributed by atoms with van der Waals surface area (Å²) in [6.45, 7) is 3.57. The second-order valence-corrected chi connectivity index (χ2v) is 8.90. The van der Waals surface area contributed by atoms with E-state index in [-0.39, 0.29) is 11.7 Å². The van der Waals surface area contributed by atoms with E-state index in [0.717, 1.165) is 62.3 Å². The lowest BCUT2D eigenvalue weighted by Gasteiger charge is -2.36. The molecular weight excluding hydrogens is 427 g/mol. The Morgan fingerprint density at radius 2 is 1.75 bits per heavy atom. The molecule has 3 heterocycles. The van der Waals surface area contributed by atoms with E-state index in [4.69, 9.17) is 16.6 Å². The van der Waals surface area contributed by atoms with Gasteiger partial charge in [0.1, 0.15) is 17.3 Å². The summed E-state index contributed by atoms with van der Waals surface area (Å²) >= 11 is 6.14. The third-order valence-electron chi connectivity index (χ3n) is 6.39. The van der Waals surface area contributed by atoms with Gasteiger partial charge in [0.05, 0.1) is 5.69 Å². The van der Waals surface area contributed by atoms with Crippen molar-refractivity contribution in [1.82, 2.24) is 14.5 Å². The van der Waals surface area contributed by atoms with Crippen molar-refractivity contribution in [2.75, 3.05) is 31.1 Å². The number of fused-ring (bicyclic) bond motifs is 1. The maximum atomic E-state index is 13.9. The predicted octanol–water partition coefficient (Wildman–Crippen LogP) is 5.03. The Labute approximate surface area is 192 Å². The number of carbonyl (C=O) groups is 1. The molecule has 0 bridgehead atoms. The SMILES string of the molecule is O=C(c1nc(-c2cccc(F)c2)n2c1CCCCC2)N1CCN(c2cccc(Cl)c2)CC1. The first-order valence-corrected chi connectivity index (χ1v) is 11.6. The van der Waals surface area contributed by atoms with Crippen LogP contribution in [-0.2, 0) is 13.0 Å². The number of amides is 1. The predicted molar refractivity (Wildman–Crippen MR) is 125 cm³/mol. The topological polar surface area (TPSA) is 41.4 Å². The second kappa shape index (κ2) is 8.94. The highest BCUT2D eigenvalue weighted by Gasteiger charge is 2.29. The number of hydrogen-bond donors (Lipinski definition) is 0. The van der Waals surface area contributed by atoms with E-state index in [9.17, 15) is 9.18 Å². The van der Waals surface area contributed by atoms with E-state index in [1.807, 2.05) is 35.2 Å². The van der Waals surface area contributed by atoms with Crippen molar-refractivity contribution in [3.05, 3.63) is 70.8 Å². The normalized spacial score (nSPS) is 16.6. The summed E-state index contributed by atoms with van der Waals surface area (Å²) in [5.74, 6) is 0.379. The average molecular weight is 453 g/mol. The third-order valence-corrected chi connectivity index (χ3v) is 6.63. The molecule has 2 aromatic carbocycles. The number of halogens is 2. The van der Waals surface area contributed by atoms with Crippen LogP contribution in [0, 0.1) is 5.82 Å². The number of rotatable bonds is 3. The summed E-state index contributed by atoms with van der Waals surface area (Å²) in [6.07, 6.45) is 4.02. The molecule has 0 atom stereocenters. The molecule has 0 unspecified atom stereocenters. The van der Waals surface area contributed by atoms with Gasteiger partial charge in [-0.05, 0) is 49.6 Å². The van der Waals surface area contributed by atoms with Gasteiger partial charge < -0.3 is 14.4 Å². The molecule has 0 radical (unpaired) electrons. The maximum absolute atomic E-state index is 13.9. The van der Waals surface area contributed by atoms with E-state index in [1.165, 1.54) is 12.1 Å². The minimum atomic E-state index is -0.293. The van der Waals surface area contributed by atoms with Gasteiger partial charge in [-0.2, -0.15) is 0 Å². The number of aromatic nitrogens is 2. The molecule has 1 fully saturated rings. The van der Waals surface area contributed by atoms with Gasteiger partial charge in [-0.3, -0.25) is 4.79 Å². The molecule has 0 saturated carbocycles. The monoisotopic (exact) mass is 452 g/mol. The Hall–Kier alpha value is -2.86. The second-order valence-electron chi connectivity index (χ2n) is 8.46. The standard InChI is InChI=1S/C25H26ClFN4O/c26-19-7-5-9-21(17-19)29-12-14-30(15-13-29)25(32)23-22-10-2-1-3-11-31(22)24(28-23)18-6-4-8-20(27)16-18/h4-9,16-17H,1-3,10-15H2. The van der Waals surface area contributed by atoms with Crippen LogP contribution in [-0.4, -0.2) is 46.5 Å². The third kappa shape index (κ3) is 4.11. The fourth-order valence-electron chi connectivity index (χ4n) is 4.73. The van der Waals surface area contributed by atoms with Crippen LogP contribution in [0.2, 0.25) is 5.02 Å². The number of carbonyl (C=O) groups excluding carboxylic acids is 1. The molecule has 2 aliphatic rings. The number of piperazine rings is 1. The van der Waals surface area contributed by atoms with E-state index >= 15 is 0 Å². The molecular formula is C25H26ClFN4O. The van der Waals surface area contributed by atoms with Gasteiger partial charge >= 0.3 is 0 Å². The van der Waals surface area contributed by atoms with Gasteiger partial charge in [0, 0.05) is 49.0 Å². The van der Waals surface area contributed by atoms with Crippen LogP contribution in [0.25, 0.3) is 11.4 Å². The van der Waals surface area contributed by atoms with E-state index in [1.54, 1.807) is 6.07 Å². The van der Waals surface area contributed by atoms with Crippen LogP contribution < -0.4 is 4.90 Å². The number of imidazole rings is 1. The Morgan fingerprint density at radius 3 is 2.53 bits per heavy atom. The van der Waals surface area contributed by atoms with Gasteiger partial charge in [0.25, 0.3) is 5.91 Å².